The van der Waals surface area contributed by atoms with E-state index in [1.165, 1.54) is 36.6 Å². The van der Waals surface area contributed by atoms with E-state index in [0.29, 0.717) is 5.76 Å². The van der Waals surface area contributed by atoms with Crippen LogP contribution in [-0.4, -0.2) is 25.4 Å². The third-order valence-corrected chi connectivity index (χ3v) is 5.17. The SMILES string of the molecule is O=C(O)c1cccc(S(=O)(=O)Nc2ccccc2C(=O)NCc2ccco2)c1. The number of hydrogen-bond donors (Lipinski definition) is 3. The summed E-state index contributed by atoms with van der Waals surface area (Å²) in [5.41, 5.74) is 0.0274. The molecule has 2 aromatic carbocycles. The fraction of sp³-hybridized carbons (Fsp3) is 0.0526. The summed E-state index contributed by atoms with van der Waals surface area (Å²) in [4.78, 5) is 23.3. The number of furan rings is 1. The molecule has 8 nitrogen and oxygen atoms in total. The van der Waals surface area contributed by atoms with Crippen LogP contribution in [0, 0.1) is 0 Å². The van der Waals surface area contributed by atoms with Crippen molar-refractivity contribution in [3.05, 3.63) is 83.8 Å². The lowest BCUT2D eigenvalue weighted by atomic mass is 10.1. The fourth-order valence-electron chi connectivity index (χ4n) is 2.45. The molecular formula is C19H16N2O6S. The molecule has 0 aliphatic rings. The number of carboxylic acids is 1. The second-order valence-electron chi connectivity index (χ2n) is 5.75. The second kappa shape index (κ2) is 7.97. The monoisotopic (exact) mass is 400 g/mol. The number of benzene rings is 2. The molecule has 0 aliphatic heterocycles. The van der Waals surface area contributed by atoms with Gasteiger partial charge in [-0.15, -0.1) is 0 Å². The highest BCUT2D eigenvalue weighted by atomic mass is 32.2. The van der Waals surface area contributed by atoms with Crippen molar-refractivity contribution in [1.29, 1.82) is 0 Å². The van der Waals surface area contributed by atoms with Gasteiger partial charge in [-0.25, -0.2) is 13.2 Å². The predicted molar refractivity (Wildman–Crippen MR) is 101 cm³/mol. The highest BCUT2D eigenvalue weighted by Crippen LogP contribution is 2.21. The van der Waals surface area contributed by atoms with Gasteiger partial charge >= 0.3 is 5.97 Å². The van der Waals surface area contributed by atoms with Crippen LogP contribution in [-0.2, 0) is 16.6 Å². The van der Waals surface area contributed by atoms with Gasteiger partial charge in [-0.2, -0.15) is 0 Å². The summed E-state index contributed by atoms with van der Waals surface area (Å²) in [6.07, 6.45) is 1.48. The smallest absolute Gasteiger partial charge is 0.335 e. The Hall–Kier alpha value is -3.59. The van der Waals surface area contributed by atoms with Gasteiger partial charge in [0.2, 0.25) is 0 Å². The van der Waals surface area contributed by atoms with Crippen molar-refractivity contribution >= 4 is 27.6 Å². The first-order valence-electron chi connectivity index (χ1n) is 8.12. The first-order chi connectivity index (χ1) is 13.4. The van der Waals surface area contributed by atoms with E-state index in [9.17, 15) is 18.0 Å². The third-order valence-electron chi connectivity index (χ3n) is 3.81. The molecule has 28 heavy (non-hydrogen) atoms. The van der Waals surface area contributed by atoms with Crippen molar-refractivity contribution in [2.45, 2.75) is 11.4 Å². The molecule has 0 atom stereocenters. The molecule has 1 amide bonds. The summed E-state index contributed by atoms with van der Waals surface area (Å²) < 4.78 is 32.8. The number of hydrogen-bond acceptors (Lipinski definition) is 5. The molecule has 3 N–H and O–H groups in total. The van der Waals surface area contributed by atoms with Gasteiger partial charge in [0.1, 0.15) is 5.76 Å². The van der Waals surface area contributed by atoms with E-state index in [1.54, 1.807) is 24.3 Å². The highest BCUT2D eigenvalue weighted by Gasteiger charge is 2.20. The quantitative estimate of drug-likeness (QED) is 0.560. The Balaban J connectivity index is 1.83. The van der Waals surface area contributed by atoms with E-state index >= 15 is 0 Å². The maximum atomic E-state index is 12.6. The van der Waals surface area contributed by atoms with Crippen molar-refractivity contribution in [3.63, 3.8) is 0 Å². The largest absolute Gasteiger partial charge is 0.478 e. The van der Waals surface area contributed by atoms with Crippen LogP contribution in [0.1, 0.15) is 26.5 Å². The predicted octanol–water partition coefficient (Wildman–Crippen LogP) is 2.71. The molecule has 0 radical (unpaired) electrons. The van der Waals surface area contributed by atoms with E-state index in [4.69, 9.17) is 9.52 Å². The van der Waals surface area contributed by atoms with Crippen molar-refractivity contribution in [2.24, 2.45) is 0 Å². The second-order valence-corrected chi connectivity index (χ2v) is 7.43. The Morgan fingerprint density at radius 2 is 1.79 bits per heavy atom. The number of carbonyl (C=O) groups excluding carboxylic acids is 1. The van der Waals surface area contributed by atoms with Gasteiger partial charge < -0.3 is 14.8 Å². The van der Waals surface area contributed by atoms with Crippen LogP contribution in [0.3, 0.4) is 0 Å². The molecule has 0 aliphatic carbocycles. The van der Waals surface area contributed by atoms with E-state index in [0.717, 1.165) is 6.07 Å². The molecule has 0 saturated carbocycles. The fourth-order valence-corrected chi connectivity index (χ4v) is 3.57. The minimum atomic E-state index is -4.10. The van der Waals surface area contributed by atoms with E-state index in [-0.39, 0.29) is 28.3 Å². The van der Waals surface area contributed by atoms with Crippen molar-refractivity contribution in [3.8, 4) is 0 Å². The summed E-state index contributed by atoms with van der Waals surface area (Å²) in [5.74, 6) is -1.18. The topological polar surface area (TPSA) is 126 Å². The third kappa shape index (κ3) is 4.38. The average molecular weight is 400 g/mol. The lowest BCUT2D eigenvalue weighted by molar-refractivity contribution is 0.0696. The van der Waals surface area contributed by atoms with Crippen LogP contribution in [0.5, 0.6) is 0 Å². The summed E-state index contributed by atoms with van der Waals surface area (Å²) in [7, 11) is -4.10. The Kier molecular flexibility index (Phi) is 5.46. The molecule has 0 spiro atoms. The number of nitrogens with one attached hydrogen (secondary N) is 2. The Morgan fingerprint density at radius 3 is 2.50 bits per heavy atom. The molecule has 9 heteroatoms. The van der Waals surface area contributed by atoms with Crippen molar-refractivity contribution in [1.82, 2.24) is 5.32 Å². The molecular weight excluding hydrogens is 384 g/mol. The van der Waals surface area contributed by atoms with Gasteiger partial charge in [0, 0.05) is 0 Å². The molecule has 0 fully saturated rings. The zero-order chi connectivity index (χ0) is 20.1. The first kappa shape index (κ1) is 19.2. The zero-order valence-corrected chi connectivity index (χ0v) is 15.3. The standard InChI is InChI=1S/C19H16N2O6S/c22-18(20-12-14-6-4-10-27-14)16-8-1-2-9-17(16)21-28(25,26)15-7-3-5-13(11-15)19(23)24/h1-11,21H,12H2,(H,20,22)(H,23,24). The van der Waals surface area contributed by atoms with E-state index in [1.807, 2.05) is 0 Å². The van der Waals surface area contributed by atoms with Crippen LogP contribution in [0.25, 0.3) is 0 Å². The number of anilines is 1. The molecule has 1 heterocycles. The van der Waals surface area contributed by atoms with Gasteiger partial charge in [-0.3, -0.25) is 9.52 Å². The number of amides is 1. The van der Waals surface area contributed by atoms with Crippen LogP contribution in [0.4, 0.5) is 5.69 Å². The summed E-state index contributed by atoms with van der Waals surface area (Å²) in [6, 6.07) is 14.4. The molecule has 3 rings (SSSR count). The summed E-state index contributed by atoms with van der Waals surface area (Å²) in [6.45, 7) is 0.146. The Morgan fingerprint density at radius 1 is 1.00 bits per heavy atom. The lowest BCUT2D eigenvalue weighted by Gasteiger charge is -2.13. The number of para-hydroxylation sites is 1. The normalized spacial score (nSPS) is 11.0. The van der Waals surface area contributed by atoms with Gasteiger partial charge in [0.15, 0.2) is 0 Å². The van der Waals surface area contributed by atoms with E-state index in [2.05, 4.69) is 10.0 Å². The molecule has 1 aromatic heterocycles. The first-order valence-corrected chi connectivity index (χ1v) is 9.61. The van der Waals surface area contributed by atoms with E-state index < -0.39 is 21.9 Å². The number of sulfonamides is 1. The molecule has 0 unspecified atom stereocenters. The maximum Gasteiger partial charge on any atom is 0.335 e. The molecule has 0 bridgehead atoms. The summed E-state index contributed by atoms with van der Waals surface area (Å²) >= 11 is 0. The Bertz CT molecular complexity index is 1110. The number of rotatable bonds is 7. The van der Waals surface area contributed by atoms with Gasteiger partial charge in [-0.1, -0.05) is 18.2 Å². The minimum Gasteiger partial charge on any atom is -0.478 e. The zero-order valence-electron chi connectivity index (χ0n) is 14.5. The van der Waals surface area contributed by atoms with Crippen LogP contribution in [0.2, 0.25) is 0 Å². The lowest BCUT2D eigenvalue weighted by Crippen LogP contribution is -2.24. The highest BCUT2D eigenvalue weighted by molar-refractivity contribution is 7.92. The van der Waals surface area contributed by atoms with Crippen molar-refractivity contribution in [2.75, 3.05) is 4.72 Å². The molecule has 144 valence electrons. The van der Waals surface area contributed by atoms with Crippen LogP contribution < -0.4 is 10.0 Å². The average Bonchev–Trinajstić information content (AvgIpc) is 3.20. The minimum absolute atomic E-state index is 0.0696. The number of aromatic carboxylic acids is 1. The summed E-state index contributed by atoms with van der Waals surface area (Å²) in [5, 5.41) is 11.7. The van der Waals surface area contributed by atoms with Gasteiger partial charge in [0.25, 0.3) is 15.9 Å². The van der Waals surface area contributed by atoms with Crippen LogP contribution in [0.15, 0.2) is 76.2 Å². The number of carboxylic acid groups (broad SMARTS) is 1. The van der Waals surface area contributed by atoms with Gasteiger partial charge in [-0.05, 0) is 42.5 Å². The maximum absolute atomic E-state index is 12.6. The van der Waals surface area contributed by atoms with Gasteiger partial charge in [0.05, 0.1) is 34.5 Å². The molecule has 3 aromatic rings. The van der Waals surface area contributed by atoms with Crippen molar-refractivity contribution < 1.29 is 27.5 Å². The van der Waals surface area contributed by atoms with Crippen LogP contribution >= 0.6 is 0 Å². The number of carbonyl (C=O) groups is 2. The molecule has 0 saturated heterocycles. The Labute approximate surface area is 160 Å².